The minimum absolute atomic E-state index is 0.00431. The van der Waals surface area contributed by atoms with Gasteiger partial charge in [-0.3, -0.25) is 4.90 Å². The standard InChI is InChI=1S/C22H20N6O3S/c23-13-16-5-1-4-8-21(16)32(30,31)28-11-9-27(10-12-28)15-20(29)17(14-24)22-25-18-6-2-3-7-19(18)26-22/h1-8,29H,9-12,15H2,(H,25,26). The van der Waals surface area contributed by atoms with Crippen LogP contribution in [0.3, 0.4) is 0 Å². The summed E-state index contributed by atoms with van der Waals surface area (Å²) in [5, 5.41) is 29.4. The Balaban J connectivity index is 1.47. The molecule has 0 spiro atoms. The zero-order valence-corrected chi connectivity index (χ0v) is 17.9. The average Bonchev–Trinajstić information content (AvgIpc) is 3.23. The Kier molecular flexibility index (Phi) is 5.93. The van der Waals surface area contributed by atoms with E-state index >= 15 is 0 Å². The van der Waals surface area contributed by atoms with Crippen LogP contribution in [-0.2, 0) is 10.0 Å². The first-order chi connectivity index (χ1) is 15.4. The third kappa shape index (κ3) is 4.07. The second-order valence-electron chi connectivity index (χ2n) is 7.32. The van der Waals surface area contributed by atoms with Crippen molar-refractivity contribution >= 4 is 26.6 Å². The second-order valence-corrected chi connectivity index (χ2v) is 9.23. The van der Waals surface area contributed by atoms with Gasteiger partial charge in [0.25, 0.3) is 0 Å². The Hall–Kier alpha value is -3.70. The first kappa shape index (κ1) is 21.5. The number of imidazole rings is 1. The number of allylic oxidation sites excluding steroid dienone is 1. The Morgan fingerprint density at radius 2 is 1.75 bits per heavy atom. The Bertz CT molecular complexity index is 1340. The summed E-state index contributed by atoms with van der Waals surface area (Å²) in [6.07, 6.45) is 0. The van der Waals surface area contributed by atoms with Crippen molar-refractivity contribution in [3.63, 3.8) is 0 Å². The number of nitrogens with one attached hydrogen (secondary N) is 1. The number of fused-ring (bicyclic) bond motifs is 1. The van der Waals surface area contributed by atoms with Gasteiger partial charge in [0.2, 0.25) is 10.0 Å². The SMILES string of the molecule is N#CC(=C(O)CN1CCN(S(=O)(=O)c2ccccc2C#N)CC1)c1nc2ccccc2[nH]1. The van der Waals surface area contributed by atoms with E-state index in [1.54, 1.807) is 12.1 Å². The van der Waals surface area contributed by atoms with Gasteiger partial charge in [0.15, 0.2) is 5.82 Å². The predicted molar refractivity (Wildman–Crippen MR) is 118 cm³/mol. The molecule has 162 valence electrons. The highest BCUT2D eigenvalue weighted by atomic mass is 32.2. The number of nitrogens with zero attached hydrogens (tertiary/aromatic N) is 5. The molecule has 0 atom stereocenters. The van der Waals surface area contributed by atoms with Crippen molar-refractivity contribution in [1.29, 1.82) is 10.5 Å². The molecule has 0 amide bonds. The molecule has 3 aromatic rings. The van der Waals surface area contributed by atoms with E-state index in [1.165, 1.54) is 16.4 Å². The van der Waals surface area contributed by atoms with Crippen molar-refractivity contribution in [2.75, 3.05) is 32.7 Å². The third-order valence-corrected chi connectivity index (χ3v) is 7.31. The monoisotopic (exact) mass is 448 g/mol. The van der Waals surface area contributed by atoms with E-state index in [4.69, 9.17) is 0 Å². The number of aromatic amines is 1. The van der Waals surface area contributed by atoms with E-state index in [0.29, 0.717) is 24.4 Å². The first-order valence-electron chi connectivity index (χ1n) is 9.93. The summed E-state index contributed by atoms with van der Waals surface area (Å²) in [4.78, 5) is 9.27. The molecule has 1 saturated heterocycles. The van der Waals surface area contributed by atoms with Gasteiger partial charge in [-0.1, -0.05) is 24.3 Å². The number of nitriles is 2. The third-order valence-electron chi connectivity index (χ3n) is 5.36. The van der Waals surface area contributed by atoms with Crippen LogP contribution in [0.5, 0.6) is 0 Å². The number of rotatable bonds is 5. The molecule has 1 fully saturated rings. The summed E-state index contributed by atoms with van der Waals surface area (Å²) in [5.41, 5.74) is 1.62. The molecule has 1 aliphatic heterocycles. The summed E-state index contributed by atoms with van der Waals surface area (Å²) >= 11 is 0. The molecule has 0 unspecified atom stereocenters. The van der Waals surface area contributed by atoms with Gasteiger partial charge in [0.1, 0.15) is 23.5 Å². The highest BCUT2D eigenvalue weighted by Crippen LogP contribution is 2.22. The van der Waals surface area contributed by atoms with Gasteiger partial charge >= 0.3 is 0 Å². The quantitative estimate of drug-likeness (QED) is 0.451. The maximum Gasteiger partial charge on any atom is 0.244 e. The van der Waals surface area contributed by atoms with E-state index in [-0.39, 0.29) is 41.4 Å². The number of hydrogen-bond acceptors (Lipinski definition) is 7. The summed E-state index contributed by atoms with van der Waals surface area (Å²) in [6, 6.07) is 17.4. The topological polar surface area (TPSA) is 137 Å². The average molecular weight is 449 g/mol. The van der Waals surface area contributed by atoms with Crippen molar-refractivity contribution in [3.05, 3.63) is 65.7 Å². The highest BCUT2D eigenvalue weighted by Gasteiger charge is 2.30. The lowest BCUT2D eigenvalue weighted by molar-refractivity contribution is 0.182. The maximum absolute atomic E-state index is 13.0. The number of aliphatic hydroxyl groups excluding tert-OH is 1. The van der Waals surface area contributed by atoms with Crippen LogP contribution in [0.2, 0.25) is 0 Å². The molecule has 0 saturated carbocycles. The molecule has 0 aliphatic carbocycles. The number of para-hydroxylation sites is 2. The fourth-order valence-corrected chi connectivity index (χ4v) is 5.23. The van der Waals surface area contributed by atoms with Gasteiger partial charge in [-0.2, -0.15) is 14.8 Å². The Morgan fingerprint density at radius 1 is 1.06 bits per heavy atom. The molecular formula is C22H20N6O3S. The van der Waals surface area contributed by atoms with Crippen molar-refractivity contribution in [3.8, 4) is 12.1 Å². The number of aromatic nitrogens is 2. The van der Waals surface area contributed by atoms with Gasteiger partial charge in [0, 0.05) is 26.2 Å². The number of piperazine rings is 1. The van der Waals surface area contributed by atoms with Crippen LogP contribution in [0.25, 0.3) is 16.6 Å². The number of benzene rings is 2. The molecule has 2 N–H and O–H groups in total. The van der Waals surface area contributed by atoms with E-state index in [1.807, 2.05) is 41.3 Å². The van der Waals surface area contributed by atoms with E-state index in [0.717, 1.165) is 5.52 Å². The number of sulfonamides is 1. The molecule has 9 nitrogen and oxygen atoms in total. The minimum atomic E-state index is -3.79. The van der Waals surface area contributed by atoms with Crippen molar-refractivity contribution in [2.24, 2.45) is 0 Å². The minimum Gasteiger partial charge on any atom is -0.509 e. The van der Waals surface area contributed by atoms with Crippen LogP contribution in [0, 0.1) is 22.7 Å². The van der Waals surface area contributed by atoms with Crippen molar-refractivity contribution in [2.45, 2.75) is 4.90 Å². The lowest BCUT2D eigenvalue weighted by Crippen LogP contribution is -2.49. The molecule has 0 radical (unpaired) electrons. The Labute approximate surface area is 185 Å². The summed E-state index contributed by atoms with van der Waals surface area (Å²) in [6.45, 7) is 1.26. The summed E-state index contributed by atoms with van der Waals surface area (Å²) in [5.74, 6) is 0.165. The zero-order chi connectivity index (χ0) is 22.7. The van der Waals surface area contributed by atoms with Gasteiger partial charge < -0.3 is 10.1 Å². The number of hydrogen-bond donors (Lipinski definition) is 2. The molecule has 32 heavy (non-hydrogen) atoms. The van der Waals surface area contributed by atoms with Gasteiger partial charge in [-0.15, -0.1) is 0 Å². The zero-order valence-electron chi connectivity index (χ0n) is 17.1. The molecule has 4 rings (SSSR count). The van der Waals surface area contributed by atoms with E-state index in [2.05, 4.69) is 9.97 Å². The predicted octanol–water partition coefficient (Wildman–Crippen LogP) is 2.23. The largest absolute Gasteiger partial charge is 0.509 e. The normalized spacial score (nSPS) is 16.3. The van der Waals surface area contributed by atoms with Crippen molar-refractivity contribution in [1.82, 2.24) is 19.2 Å². The van der Waals surface area contributed by atoms with Crippen LogP contribution in [0.1, 0.15) is 11.4 Å². The second kappa shape index (κ2) is 8.81. The fourth-order valence-electron chi connectivity index (χ4n) is 3.67. The highest BCUT2D eigenvalue weighted by molar-refractivity contribution is 7.89. The molecule has 2 heterocycles. The summed E-state index contributed by atoms with van der Waals surface area (Å²) in [7, 11) is -3.79. The maximum atomic E-state index is 13.0. The fraction of sp³-hybridized carbons (Fsp3) is 0.227. The van der Waals surface area contributed by atoms with Crippen LogP contribution in [0.15, 0.2) is 59.2 Å². The van der Waals surface area contributed by atoms with E-state index < -0.39 is 10.0 Å². The number of H-pyrrole nitrogens is 1. The van der Waals surface area contributed by atoms with Gasteiger partial charge in [-0.25, -0.2) is 13.4 Å². The van der Waals surface area contributed by atoms with Crippen LogP contribution < -0.4 is 0 Å². The smallest absolute Gasteiger partial charge is 0.244 e. The lowest BCUT2D eigenvalue weighted by Gasteiger charge is -2.33. The first-order valence-corrected chi connectivity index (χ1v) is 11.4. The van der Waals surface area contributed by atoms with E-state index in [9.17, 15) is 24.0 Å². The molecule has 2 aromatic carbocycles. The lowest BCUT2D eigenvalue weighted by atomic mass is 10.2. The number of aliphatic hydroxyl groups is 1. The summed E-state index contributed by atoms with van der Waals surface area (Å²) < 4.78 is 27.3. The Morgan fingerprint density at radius 3 is 2.44 bits per heavy atom. The van der Waals surface area contributed by atoms with Crippen molar-refractivity contribution < 1.29 is 13.5 Å². The van der Waals surface area contributed by atoms with Crippen LogP contribution in [0.4, 0.5) is 0 Å². The molecular weight excluding hydrogens is 428 g/mol. The van der Waals surface area contributed by atoms with Gasteiger partial charge in [-0.05, 0) is 24.3 Å². The van der Waals surface area contributed by atoms with Gasteiger partial charge in [0.05, 0.1) is 28.0 Å². The molecule has 0 bridgehead atoms. The van der Waals surface area contributed by atoms with Crippen LogP contribution in [-0.4, -0.2) is 65.4 Å². The molecule has 10 heteroatoms. The van der Waals surface area contributed by atoms with Crippen LogP contribution >= 0.6 is 0 Å². The molecule has 1 aliphatic rings. The molecule has 1 aromatic heterocycles.